The molecule has 0 aliphatic heterocycles. The number of rotatable bonds is 8. The molecular formula is C23H33N3O. The highest BCUT2D eigenvalue weighted by Crippen LogP contribution is 1.94. The van der Waals surface area contributed by atoms with Crippen LogP contribution in [0, 0.1) is 12.3 Å². The van der Waals surface area contributed by atoms with Crippen molar-refractivity contribution in [3.05, 3.63) is 97.3 Å². The van der Waals surface area contributed by atoms with Crippen LogP contribution in [0.2, 0.25) is 0 Å². The third-order valence-electron chi connectivity index (χ3n) is 3.10. The smallest absolute Gasteiger partial charge is 0.244 e. The number of likely N-dealkylation sites (N-methyl/N-ethyl adjacent to an activating group) is 1. The Morgan fingerprint density at radius 2 is 1.81 bits per heavy atom. The first kappa shape index (κ1) is 26.1. The van der Waals surface area contributed by atoms with Crippen molar-refractivity contribution in [1.29, 1.82) is 5.41 Å². The summed E-state index contributed by atoms with van der Waals surface area (Å²) in [5.41, 5.74) is 6.92. The van der Waals surface area contributed by atoms with Crippen LogP contribution >= 0.6 is 0 Å². The molecule has 0 spiro atoms. The number of hydrogen-bond acceptors (Lipinski definition) is 3. The number of nitrogens with zero attached hydrogens (tertiary/aromatic N) is 1. The molecule has 0 saturated heterocycles. The SMILES string of the molecule is C=C/C=C\C/C=C(\C)C(N)=O.C=CN(C)C/C=C/C=N.Cc1ccccc1. The first-order valence-corrected chi connectivity index (χ1v) is 8.63. The second kappa shape index (κ2) is 19.2. The Kier molecular flexibility index (Phi) is 18.5. The number of carbonyl (C=O) groups is 1. The zero-order chi connectivity index (χ0) is 20.9. The molecule has 1 amide bonds. The molecule has 0 bridgehead atoms. The van der Waals surface area contributed by atoms with Gasteiger partial charge in [-0.05, 0) is 32.5 Å². The van der Waals surface area contributed by atoms with Gasteiger partial charge in [0.2, 0.25) is 5.91 Å². The van der Waals surface area contributed by atoms with Gasteiger partial charge in [-0.1, -0.05) is 79.4 Å². The van der Waals surface area contributed by atoms with E-state index in [0.717, 1.165) is 13.0 Å². The molecule has 1 aromatic carbocycles. The summed E-state index contributed by atoms with van der Waals surface area (Å²) in [6, 6.07) is 10.3. The van der Waals surface area contributed by atoms with E-state index in [1.165, 1.54) is 11.8 Å². The normalized spacial score (nSPS) is 10.3. The largest absolute Gasteiger partial charge is 0.377 e. The Bertz CT molecular complexity index is 628. The Labute approximate surface area is 164 Å². The molecule has 4 heteroatoms. The molecule has 0 fully saturated rings. The summed E-state index contributed by atoms with van der Waals surface area (Å²) < 4.78 is 0. The lowest BCUT2D eigenvalue weighted by Gasteiger charge is -2.07. The Balaban J connectivity index is 0. The zero-order valence-electron chi connectivity index (χ0n) is 16.8. The molecule has 0 unspecified atom stereocenters. The van der Waals surface area contributed by atoms with Crippen LogP contribution in [0.25, 0.3) is 0 Å². The van der Waals surface area contributed by atoms with E-state index < -0.39 is 0 Å². The Morgan fingerprint density at radius 3 is 2.22 bits per heavy atom. The summed E-state index contributed by atoms with van der Waals surface area (Å²) in [4.78, 5) is 12.4. The number of nitrogens with one attached hydrogen (secondary N) is 1. The minimum atomic E-state index is -0.364. The quantitative estimate of drug-likeness (QED) is 0.393. The fraction of sp³-hybridized carbons (Fsp3) is 0.217. The molecule has 146 valence electrons. The summed E-state index contributed by atoms with van der Waals surface area (Å²) in [6.45, 7) is 11.7. The van der Waals surface area contributed by atoms with E-state index in [0.29, 0.717) is 5.57 Å². The average Bonchev–Trinajstić information content (AvgIpc) is 2.66. The molecule has 0 saturated carbocycles. The number of allylic oxidation sites excluding steroid dienone is 5. The molecule has 1 rings (SSSR count). The molecule has 3 N–H and O–H groups in total. The second-order valence-electron chi connectivity index (χ2n) is 5.52. The lowest BCUT2D eigenvalue weighted by atomic mass is 10.2. The predicted molar refractivity (Wildman–Crippen MR) is 119 cm³/mol. The van der Waals surface area contributed by atoms with Crippen molar-refractivity contribution in [3.8, 4) is 0 Å². The zero-order valence-corrected chi connectivity index (χ0v) is 16.8. The van der Waals surface area contributed by atoms with Gasteiger partial charge in [-0.2, -0.15) is 0 Å². The van der Waals surface area contributed by atoms with Crippen molar-refractivity contribution in [3.63, 3.8) is 0 Å². The number of hydrogen-bond donors (Lipinski definition) is 2. The summed E-state index contributed by atoms with van der Waals surface area (Å²) in [5, 5.41) is 6.65. The van der Waals surface area contributed by atoms with Crippen LogP contribution < -0.4 is 5.73 Å². The van der Waals surface area contributed by atoms with Crippen LogP contribution in [-0.2, 0) is 4.79 Å². The fourth-order valence-corrected chi connectivity index (χ4v) is 1.42. The Morgan fingerprint density at radius 1 is 1.19 bits per heavy atom. The maximum absolute atomic E-state index is 10.5. The molecule has 0 aliphatic carbocycles. The van der Waals surface area contributed by atoms with Crippen molar-refractivity contribution >= 4 is 12.1 Å². The molecular weight excluding hydrogens is 334 g/mol. The molecule has 0 atom stereocenters. The first-order chi connectivity index (χ1) is 12.9. The number of benzene rings is 1. The number of nitrogens with two attached hydrogens (primary N) is 1. The van der Waals surface area contributed by atoms with Crippen LogP contribution in [0.4, 0.5) is 0 Å². The first-order valence-electron chi connectivity index (χ1n) is 8.63. The summed E-state index contributed by atoms with van der Waals surface area (Å²) in [6.07, 6.45) is 14.5. The fourth-order valence-electron chi connectivity index (χ4n) is 1.42. The Hall–Kier alpha value is -3.14. The molecule has 4 nitrogen and oxygen atoms in total. The highest BCUT2D eigenvalue weighted by molar-refractivity contribution is 5.91. The van der Waals surface area contributed by atoms with E-state index in [2.05, 4.69) is 32.2 Å². The maximum atomic E-state index is 10.5. The van der Waals surface area contributed by atoms with E-state index in [-0.39, 0.29) is 5.91 Å². The minimum Gasteiger partial charge on any atom is -0.377 e. The number of carbonyl (C=O) groups excluding carboxylic acids is 1. The van der Waals surface area contributed by atoms with Crippen molar-refractivity contribution in [2.45, 2.75) is 20.3 Å². The van der Waals surface area contributed by atoms with Gasteiger partial charge in [0.1, 0.15) is 0 Å². The summed E-state index contributed by atoms with van der Waals surface area (Å²) in [5.74, 6) is -0.364. The van der Waals surface area contributed by atoms with Gasteiger partial charge >= 0.3 is 0 Å². The van der Waals surface area contributed by atoms with Gasteiger partial charge in [-0.3, -0.25) is 4.79 Å². The maximum Gasteiger partial charge on any atom is 0.244 e. The van der Waals surface area contributed by atoms with Crippen LogP contribution in [0.5, 0.6) is 0 Å². The van der Waals surface area contributed by atoms with E-state index in [4.69, 9.17) is 11.1 Å². The second-order valence-corrected chi connectivity index (χ2v) is 5.52. The standard InChI is InChI=1S/C9H13NO.C7H12N2.C7H8/c1-3-4-5-6-7-8(2)9(10)11;1-3-9(2)7-5-4-6-8;1-7-5-3-2-4-6-7/h3-5,7H,1,6H2,2H3,(H2,10,11);3-6,8H,1,7H2,2H3;2-6H,1H3/b5-4-,8-7+;5-4+,8-6?;. The van der Waals surface area contributed by atoms with Gasteiger partial charge in [0.15, 0.2) is 0 Å². The van der Waals surface area contributed by atoms with E-state index >= 15 is 0 Å². The average molecular weight is 368 g/mol. The highest BCUT2D eigenvalue weighted by Gasteiger charge is 1.92. The van der Waals surface area contributed by atoms with Gasteiger partial charge in [-0.25, -0.2) is 0 Å². The number of aryl methyl sites for hydroxylation is 1. The molecule has 0 heterocycles. The number of primary amides is 1. The van der Waals surface area contributed by atoms with Crippen molar-refractivity contribution in [2.24, 2.45) is 5.73 Å². The lowest BCUT2D eigenvalue weighted by molar-refractivity contribution is -0.114. The van der Waals surface area contributed by atoms with Gasteiger partial charge in [0.25, 0.3) is 0 Å². The molecule has 0 aliphatic rings. The molecule has 1 aromatic rings. The van der Waals surface area contributed by atoms with E-state index in [9.17, 15) is 4.79 Å². The number of amides is 1. The van der Waals surface area contributed by atoms with Crippen molar-refractivity contribution < 1.29 is 4.79 Å². The van der Waals surface area contributed by atoms with Crippen molar-refractivity contribution in [2.75, 3.05) is 13.6 Å². The molecule has 0 radical (unpaired) electrons. The molecule has 27 heavy (non-hydrogen) atoms. The van der Waals surface area contributed by atoms with Crippen molar-refractivity contribution in [1.82, 2.24) is 4.90 Å². The van der Waals surface area contributed by atoms with Crippen LogP contribution in [0.3, 0.4) is 0 Å². The monoisotopic (exact) mass is 367 g/mol. The highest BCUT2D eigenvalue weighted by atomic mass is 16.1. The third-order valence-corrected chi connectivity index (χ3v) is 3.10. The van der Waals surface area contributed by atoms with Crippen LogP contribution in [-0.4, -0.2) is 30.6 Å². The third kappa shape index (κ3) is 20.8. The predicted octanol–water partition coefficient (Wildman–Crippen LogP) is 4.81. The van der Waals surface area contributed by atoms with E-state index in [1.807, 2.05) is 48.4 Å². The van der Waals surface area contributed by atoms with Crippen LogP contribution in [0.1, 0.15) is 18.9 Å². The topological polar surface area (TPSA) is 70.2 Å². The van der Waals surface area contributed by atoms with Gasteiger partial charge in [0, 0.05) is 25.4 Å². The van der Waals surface area contributed by atoms with Gasteiger partial charge in [0.05, 0.1) is 0 Å². The van der Waals surface area contributed by atoms with E-state index in [1.54, 1.807) is 31.4 Å². The van der Waals surface area contributed by atoms with Gasteiger partial charge in [-0.15, -0.1) is 0 Å². The summed E-state index contributed by atoms with van der Waals surface area (Å²) >= 11 is 0. The molecule has 0 aromatic heterocycles. The lowest BCUT2D eigenvalue weighted by Crippen LogP contribution is -2.11. The minimum absolute atomic E-state index is 0.364. The summed E-state index contributed by atoms with van der Waals surface area (Å²) in [7, 11) is 1.93. The van der Waals surface area contributed by atoms with Crippen LogP contribution in [0.15, 0.2) is 91.7 Å². The van der Waals surface area contributed by atoms with Gasteiger partial charge < -0.3 is 16.0 Å².